The van der Waals surface area contributed by atoms with Crippen molar-refractivity contribution in [2.45, 2.75) is 59.0 Å². The van der Waals surface area contributed by atoms with Gasteiger partial charge in [0.2, 0.25) is 0 Å². The summed E-state index contributed by atoms with van der Waals surface area (Å²) in [7, 11) is 0. The number of hydrogen-bond donors (Lipinski definition) is 0. The summed E-state index contributed by atoms with van der Waals surface area (Å²) >= 11 is 0. The van der Waals surface area contributed by atoms with E-state index in [9.17, 15) is 0 Å². The molecule has 0 bridgehead atoms. The molecule has 0 saturated carbocycles. The molecular weight excluding hydrogens is 160 g/mol. The zero-order valence-electron chi connectivity index (χ0n) is 9.38. The van der Waals surface area contributed by atoms with Crippen LogP contribution in [-0.4, -0.2) is 12.7 Å². The summed E-state index contributed by atoms with van der Waals surface area (Å²) in [5, 5.41) is 0. The summed E-state index contributed by atoms with van der Waals surface area (Å²) < 4.78 is 5.74. The third-order valence-corrected chi connectivity index (χ3v) is 2.08. The zero-order valence-corrected chi connectivity index (χ0v) is 9.38. The molecule has 0 aromatic heterocycles. The van der Waals surface area contributed by atoms with Gasteiger partial charge in [-0.05, 0) is 19.8 Å². The van der Waals surface area contributed by atoms with Crippen molar-refractivity contribution in [3.8, 4) is 0 Å². The maximum atomic E-state index is 5.74. The molecule has 0 spiro atoms. The first kappa shape index (κ1) is 12.7. The number of rotatable bonds is 8. The van der Waals surface area contributed by atoms with Gasteiger partial charge in [-0.1, -0.05) is 45.3 Å². The fourth-order valence-corrected chi connectivity index (χ4v) is 1.23. The van der Waals surface area contributed by atoms with Crippen molar-refractivity contribution in [1.29, 1.82) is 0 Å². The molecule has 0 aliphatic carbocycles. The van der Waals surface area contributed by atoms with Crippen LogP contribution in [0.4, 0.5) is 0 Å². The van der Waals surface area contributed by atoms with Crippen molar-refractivity contribution in [3.63, 3.8) is 0 Å². The second-order valence-corrected chi connectivity index (χ2v) is 3.43. The Labute approximate surface area is 83.2 Å². The van der Waals surface area contributed by atoms with Crippen LogP contribution in [0, 0.1) is 0 Å². The Morgan fingerprint density at radius 3 is 2.38 bits per heavy atom. The Bertz CT molecular complexity index is 118. The van der Waals surface area contributed by atoms with Crippen LogP contribution in [0.1, 0.15) is 52.9 Å². The normalized spacial score (nSPS) is 13.8. The molecule has 0 N–H and O–H groups in total. The predicted octanol–water partition coefficient (Wildman–Crippen LogP) is 3.94. The Morgan fingerprint density at radius 1 is 1.15 bits per heavy atom. The number of ether oxygens (including phenoxy) is 1. The van der Waals surface area contributed by atoms with E-state index >= 15 is 0 Å². The van der Waals surface area contributed by atoms with Gasteiger partial charge in [0.1, 0.15) is 0 Å². The first-order chi connectivity index (χ1) is 6.35. The zero-order chi connectivity index (χ0) is 9.94. The highest BCUT2D eigenvalue weighted by Crippen LogP contribution is 2.07. The van der Waals surface area contributed by atoms with Gasteiger partial charge in [-0.2, -0.15) is 0 Å². The molecule has 78 valence electrons. The van der Waals surface area contributed by atoms with Crippen molar-refractivity contribution in [3.05, 3.63) is 12.2 Å². The Balaban J connectivity index is 3.54. The van der Waals surface area contributed by atoms with E-state index in [-0.39, 0.29) is 0 Å². The molecule has 0 aromatic carbocycles. The fraction of sp³-hybridized carbons (Fsp3) is 0.833. The lowest BCUT2D eigenvalue weighted by atomic mass is 10.1. The molecule has 0 saturated heterocycles. The van der Waals surface area contributed by atoms with Gasteiger partial charge in [0.25, 0.3) is 0 Å². The van der Waals surface area contributed by atoms with Crippen LogP contribution in [0.25, 0.3) is 0 Å². The molecule has 0 heterocycles. The minimum Gasteiger partial charge on any atom is -0.374 e. The van der Waals surface area contributed by atoms with Gasteiger partial charge in [0.15, 0.2) is 0 Å². The molecule has 0 aromatic rings. The summed E-state index contributed by atoms with van der Waals surface area (Å²) in [6.07, 6.45) is 10.7. The van der Waals surface area contributed by atoms with Gasteiger partial charge < -0.3 is 4.74 Å². The molecule has 13 heavy (non-hydrogen) atoms. The molecule has 0 rings (SSSR count). The van der Waals surface area contributed by atoms with E-state index in [2.05, 4.69) is 32.9 Å². The van der Waals surface area contributed by atoms with Crippen molar-refractivity contribution >= 4 is 0 Å². The molecule has 0 fully saturated rings. The minimum atomic E-state index is 0.358. The van der Waals surface area contributed by atoms with E-state index < -0.39 is 0 Å². The van der Waals surface area contributed by atoms with Gasteiger partial charge in [0.05, 0.1) is 6.10 Å². The third-order valence-electron chi connectivity index (χ3n) is 2.08. The molecule has 0 aliphatic heterocycles. The molecule has 0 aliphatic rings. The van der Waals surface area contributed by atoms with E-state index in [1.54, 1.807) is 0 Å². The lowest BCUT2D eigenvalue weighted by Crippen LogP contribution is -2.10. The van der Waals surface area contributed by atoms with Crippen molar-refractivity contribution in [2.24, 2.45) is 0 Å². The summed E-state index contributed by atoms with van der Waals surface area (Å²) in [5.41, 5.74) is 0. The highest BCUT2D eigenvalue weighted by Gasteiger charge is 2.02. The first-order valence-electron chi connectivity index (χ1n) is 5.59. The van der Waals surface area contributed by atoms with Gasteiger partial charge in [0, 0.05) is 6.61 Å². The van der Waals surface area contributed by atoms with E-state index in [4.69, 9.17) is 4.74 Å². The van der Waals surface area contributed by atoms with Crippen LogP contribution in [0.15, 0.2) is 12.2 Å². The van der Waals surface area contributed by atoms with Crippen molar-refractivity contribution < 1.29 is 4.74 Å². The van der Waals surface area contributed by atoms with Gasteiger partial charge >= 0.3 is 0 Å². The largest absolute Gasteiger partial charge is 0.374 e. The third kappa shape index (κ3) is 8.04. The standard InChI is InChI=1S/C12H24O/c1-4-7-10-12(9-6-3)13-11-8-5-2/h6,9,12H,4-5,7-8,10-11H2,1-3H3/b9-6+/t12-/m1/s1. The first-order valence-corrected chi connectivity index (χ1v) is 5.59. The predicted molar refractivity (Wildman–Crippen MR) is 59.0 cm³/mol. The van der Waals surface area contributed by atoms with Gasteiger partial charge in [-0.25, -0.2) is 0 Å². The number of unbranched alkanes of at least 4 members (excludes halogenated alkanes) is 2. The van der Waals surface area contributed by atoms with Crippen LogP contribution in [0.3, 0.4) is 0 Å². The summed E-state index contributed by atoms with van der Waals surface area (Å²) in [4.78, 5) is 0. The maximum absolute atomic E-state index is 5.74. The van der Waals surface area contributed by atoms with Crippen LogP contribution in [0.2, 0.25) is 0 Å². The molecule has 1 atom stereocenters. The van der Waals surface area contributed by atoms with Crippen LogP contribution >= 0.6 is 0 Å². The molecule has 0 amide bonds. The highest BCUT2D eigenvalue weighted by molar-refractivity contribution is 4.86. The van der Waals surface area contributed by atoms with Crippen LogP contribution in [-0.2, 0) is 4.74 Å². The SMILES string of the molecule is C/C=C/[C@H](CCCC)OCCCC. The second kappa shape index (κ2) is 9.79. The van der Waals surface area contributed by atoms with E-state index in [1.807, 2.05) is 0 Å². The summed E-state index contributed by atoms with van der Waals surface area (Å²) in [6.45, 7) is 7.39. The highest BCUT2D eigenvalue weighted by atomic mass is 16.5. The van der Waals surface area contributed by atoms with E-state index in [0.717, 1.165) is 6.61 Å². The summed E-state index contributed by atoms with van der Waals surface area (Å²) in [6, 6.07) is 0. The van der Waals surface area contributed by atoms with Crippen LogP contribution < -0.4 is 0 Å². The van der Waals surface area contributed by atoms with E-state index in [0.29, 0.717) is 6.10 Å². The average molecular weight is 184 g/mol. The Kier molecular flexibility index (Phi) is 9.56. The second-order valence-electron chi connectivity index (χ2n) is 3.43. The summed E-state index contributed by atoms with van der Waals surface area (Å²) in [5.74, 6) is 0. The van der Waals surface area contributed by atoms with Crippen molar-refractivity contribution in [2.75, 3.05) is 6.61 Å². The number of hydrogen-bond acceptors (Lipinski definition) is 1. The van der Waals surface area contributed by atoms with Crippen LogP contribution in [0.5, 0.6) is 0 Å². The lowest BCUT2D eigenvalue weighted by molar-refractivity contribution is 0.0757. The maximum Gasteiger partial charge on any atom is 0.0755 e. The fourth-order valence-electron chi connectivity index (χ4n) is 1.23. The number of allylic oxidation sites excluding steroid dienone is 1. The molecular formula is C12H24O. The molecule has 1 heteroatoms. The molecule has 0 unspecified atom stereocenters. The lowest BCUT2D eigenvalue weighted by Gasteiger charge is -2.13. The van der Waals surface area contributed by atoms with Gasteiger partial charge in [-0.15, -0.1) is 0 Å². The topological polar surface area (TPSA) is 9.23 Å². The Hall–Kier alpha value is -0.300. The molecule has 1 nitrogen and oxygen atoms in total. The van der Waals surface area contributed by atoms with Crippen molar-refractivity contribution in [1.82, 2.24) is 0 Å². The monoisotopic (exact) mass is 184 g/mol. The minimum absolute atomic E-state index is 0.358. The van der Waals surface area contributed by atoms with Gasteiger partial charge in [-0.3, -0.25) is 0 Å². The quantitative estimate of drug-likeness (QED) is 0.410. The Morgan fingerprint density at radius 2 is 1.85 bits per heavy atom. The smallest absolute Gasteiger partial charge is 0.0755 e. The van der Waals surface area contributed by atoms with E-state index in [1.165, 1.54) is 32.1 Å². The molecule has 0 radical (unpaired) electrons. The average Bonchev–Trinajstić information content (AvgIpc) is 2.14.